The van der Waals surface area contributed by atoms with Crippen LogP contribution in [0.25, 0.3) is 11.1 Å². The van der Waals surface area contributed by atoms with Gasteiger partial charge in [-0.05, 0) is 91.0 Å². The van der Waals surface area contributed by atoms with Gasteiger partial charge in [-0.15, -0.1) is 0 Å². The fourth-order valence-corrected chi connectivity index (χ4v) is 6.84. The topological polar surface area (TPSA) is 93.0 Å². The second kappa shape index (κ2) is 11.1. The van der Waals surface area contributed by atoms with Crippen LogP contribution in [0.1, 0.15) is 39.4 Å². The first kappa shape index (κ1) is 28.1. The molecule has 0 saturated carbocycles. The smallest absolute Gasteiger partial charge is 0.201 e. The van der Waals surface area contributed by atoms with E-state index >= 15 is 0 Å². The molecule has 4 aromatic rings. The van der Waals surface area contributed by atoms with E-state index in [0.29, 0.717) is 53.7 Å². The highest BCUT2D eigenvalue weighted by Crippen LogP contribution is 2.51. The van der Waals surface area contributed by atoms with Crippen molar-refractivity contribution in [2.75, 3.05) is 41.5 Å². The molecule has 0 aliphatic carbocycles. The van der Waals surface area contributed by atoms with E-state index in [1.54, 1.807) is 27.4 Å². The average molecular weight is 593 g/mol. The van der Waals surface area contributed by atoms with Crippen LogP contribution in [0.5, 0.6) is 40.2 Å². The Hall–Kier alpha value is -4.69. The first-order chi connectivity index (χ1) is 21.4. The molecule has 6 bridgehead atoms. The molecule has 0 spiro atoms. The SMILES string of the molecule is COc1cc2c3cc1Oc1c(O)c(OC)cc4c1[C@@H](Cc1ccc(OC)c(c1)-c1cc(ccc1O)CC3=NCC2)N(C)CC4. The average Bonchev–Trinajstić information content (AvgIpc) is 3.03. The van der Waals surface area contributed by atoms with E-state index in [4.69, 9.17) is 23.9 Å². The minimum atomic E-state index is -0.111. The summed E-state index contributed by atoms with van der Waals surface area (Å²) in [6.45, 7) is 1.50. The second-order valence-corrected chi connectivity index (χ2v) is 11.7. The monoisotopic (exact) mass is 592 g/mol. The highest BCUT2D eigenvalue weighted by molar-refractivity contribution is 6.04. The molecule has 3 aliphatic heterocycles. The summed E-state index contributed by atoms with van der Waals surface area (Å²) in [5.74, 6) is 2.66. The second-order valence-electron chi connectivity index (χ2n) is 11.7. The van der Waals surface area contributed by atoms with E-state index in [9.17, 15) is 10.2 Å². The number of phenolic OH excluding ortho intramolecular Hbond substituents is 2. The van der Waals surface area contributed by atoms with Crippen LogP contribution < -0.4 is 18.9 Å². The maximum atomic E-state index is 11.6. The number of aromatic hydroxyl groups is 2. The van der Waals surface area contributed by atoms with Gasteiger partial charge in [-0.2, -0.15) is 0 Å². The molecule has 0 radical (unpaired) electrons. The highest BCUT2D eigenvalue weighted by atomic mass is 16.5. The molecule has 0 aromatic heterocycles. The van der Waals surface area contributed by atoms with Crippen LogP contribution in [0.4, 0.5) is 0 Å². The zero-order valence-electron chi connectivity index (χ0n) is 25.4. The number of rotatable bonds is 3. The lowest BCUT2D eigenvalue weighted by molar-refractivity contribution is 0.221. The summed E-state index contributed by atoms with van der Waals surface area (Å²) in [5.41, 5.74) is 8.64. The largest absolute Gasteiger partial charge is 0.507 e. The van der Waals surface area contributed by atoms with Crippen molar-refractivity contribution in [3.05, 3.63) is 88.0 Å². The lowest BCUT2D eigenvalue weighted by Crippen LogP contribution is -2.34. The third kappa shape index (κ3) is 4.70. The minimum absolute atomic E-state index is 0.0448. The van der Waals surface area contributed by atoms with Gasteiger partial charge in [-0.25, -0.2) is 0 Å². The predicted octanol–water partition coefficient (Wildman–Crippen LogP) is 6.26. The Bertz CT molecular complexity index is 1810. The molecular formula is C36H36N2O6. The molecule has 2 N–H and O–H groups in total. The number of hydrogen-bond acceptors (Lipinski definition) is 8. The van der Waals surface area contributed by atoms with E-state index < -0.39 is 0 Å². The van der Waals surface area contributed by atoms with Gasteiger partial charge in [-0.1, -0.05) is 12.1 Å². The molecule has 226 valence electrons. The Morgan fingerprint density at radius 2 is 1.55 bits per heavy atom. The molecule has 4 aromatic carbocycles. The number of benzene rings is 4. The summed E-state index contributed by atoms with van der Waals surface area (Å²) in [7, 11) is 6.94. The summed E-state index contributed by atoms with van der Waals surface area (Å²) in [4.78, 5) is 7.22. The van der Waals surface area contributed by atoms with Crippen LogP contribution in [0, 0.1) is 0 Å². The molecule has 0 fully saturated rings. The van der Waals surface area contributed by atoms with Crippen molar-refractivity contribution in [3.63, 3.8) is 0 Å². The number of nitrogens with zero attached hydrogens (tertiary/aromatic N) is 2. The van der Waals surface area contributed by atoms with E-state index in [2.05, 4.69) is 24.1 Å². The molecular weight excluding hydrogens is 556 g/mol. The van der Waals surface area contributed by atoms with Crippen LogP contribution in [-0.4, -0.2) is 62.3 Å². The van der Waals surface area contributed by atoms with Crippen LogP contribution >= 0.6 is 0 Å². The summed E-state index contributed by atoms with van der Waals surface area (Å²) in [5, 5.41) is 22.6. The fourth-order valence-electron chi connectivity index (χ4n) is 6.84. The quantitative estimate of drug-likeness (QED) is 0.290. The Kier molecular flexibility index (Phi) is 7.09. The predicted molar refractivity (Wildman–Crippen MR) is 169 cm³/mol. The summed E-state index contributed by atoms with van der Waals surface area (Å²) < 4.78 is 24.0. The minimum Gasteiger partial charge on any atom is -0.507 e. The third-order valence-electron chi connectivity index (χ3n) is 9.18. The number of ether oxygens (including phenoxy) is 4. The van der Waals surface area contributed by atoms with Crippen LogP contribution in [-0.2, 0) is 25.7 Å². The van der Waals surface area contributed by atoms with E-state index in [0.717, 1.165) is 64.0 Å². The number of fused-ring (bicyclic) bond motifs is 6. The highest BCUT2D eigenvalue weighted by Gasteiger charge is 2.33. The van der Waals surface area contributed by atoms with E-state index in [-0.39, 0.29) is 17.5 Å². The van der Waals surface area contributed by atoms with Gasteiger partial charge < -0.3 is 29.2 Å². The number of likely N-dealkylation sites (N-methyl/N-ethyl adjacent to an activating group) is 1. The molecule has 8 heteroatoms. The lowest BCUT2D eigenvalue weighted by atomic mass is 9.86. The van der Waals surface area contributed by atoms with Crippen LogP contribution in [0.15, 0.2) is 59.6 Å². The van der Waals surface area contributed by atoms with E-state index in [1.807, 2.05) is 36.4 Å². The molecule has 44 heavy (non-hydrogen) atoms. The van der Waals surface area contributed by atoms with Crippen LogP contribution in [0.2, 0.25) is 0 Å². The Morgan fingerprint density at radius 1 is 0.795 bits per heavy atom. The van der Waals surface area contributed by atoms with Gasteiger partial charge in [0.25, 0.3) is 0 Å². The number of phenols is 2. The maximum absolute atomic E-state index is 11.6. The molecule has 3 heterocycles. The standard InChI is InChI=1S/C36H36N2O6/c1-38-12-10-23-18-33(43-4)35(40)36-34(23)28(38)16-21-6-8-30(41-2)26(14-21)25-13-20(5-7-29(25)39)15-27-24-19-32(44-36)31(42-3)17-22(24)9-11-37-27/h5-8,13-14,17-19,28,39-40H,9-12,15-16H2,1-4H3/t28-/m1/s1. The summed E-state index contributed by atoms with van der Waals surface area (Å²) in [6, 6.07) is 17.7. The zero-order chi connectivity index (χ0) is 30.5. The zero-order valence-corrected chi connectivity index (χ0v) is 25.4. The molecule has 8 nitrogen and oxygen atoms in total. The molecule has 0 amide bonds. The molecule has 3 aliphatic rings. The first-order valence-electron chi connectivity index (χ1n) is 14.9. The fraction of sp³-hybridized carbons (Fsp3) is 0.306. The Labute approximate surface area is 257 Å². The molecule has 1 atom stereocenters. The van der Waals surface area contributed by atoms with Gasteiger partial charge in [0.05, 0.1) is 21.3 Å². The van der Waals surface area contributed by atoms with Crippen molar-refractivity contribution in [2.45, 2.75) is 31.7 Å². The van der Waals surface area contributed by atoms with Gasteiger partial charge in [0, 0.05) is 53.5 Å². The Balaban J connectivity index is 1.51. The van der Waals surface area contributed by atoms with Crippen molar-refractivity contribution in [1.29, 1.82) is 0 Å². The first-order valence-corrected chi connectivity index (χ1v) is 14.9. The molecule has 7 rings (SSSR count). The van der Waals surface area contributed by atoms with Gasteiger partial charge in [0.1, 0.15) is 11.5 Å². The van der Waals surface area contributed by atoms with Crippen molar-refractivity contribution in [3.8, 4) is 51.4 Å². The summed E-state index contributed by atoms with van der Waals surface area (Å²) >= 11 is 0. The van der Waals surface area contributed by atoms with Gasteiger partial charge in [0.2, 0.25) is 5.75 Å². The normalized spacial score (nSPS) is 17.2. The lowest BCUT2D eigenvalue weighted by Gasteiger charge is -2.36. The van der Waals surface area contributed by atoms with Gasteiger partial charge in [0.15, 0.2) is 23.0 Å². The number of hydrogen-bond donors (Lipinski definition) is 2. The number of aliphatic imine (C=N–C) groups is 1. The molecule has 0 unspecified atom stereocenters. The van der Waals surface area contributed by atoms with E-state index in [1.165, 1.54) is 0 Å². The molecule has 0 saturated heterocycles. The van der Waals surface area contributed by atoms with Crippen molar-refractivity contribution < 1.29 is 29.2 Å². The number of methoxy groups -OCH3 is 3. The van der Waals surface area contributed by atoms with Crippen molar-refractivity contribution in [2.24, 2.45) is 4.99 Å². The summed E-state index contributed by atoms with van der Waals surface area (Å²) in [6.07, 6.45) is 2.77. The van der Waals surface area contributed by atoms with Crippen molar-refractivity contribution >= 4 is 5.71 Å². The third-order valence-corrected chi connectivity index (χ3v) is 9.18. The van der Waals surface area contributed by atoms with Crippen LogP contribution in [0.3, 0.4) is 0 Å². The maximum Gasteiger partial charge on any atom is 0.201 e. The Morgan fingerprint density at radius 3 is 2.34 bits per heavy atom. The van der Waals surface area contributed by atoms with Gasteiger partial charge in [-0.3, -0.25) is 9.89 Å². The van der Waals surface area contributed by atoms with Crippen molar-refractivity contribution in [1.82, 2.24) is 4.90 Å². The van der Waals surface area contributed by atoms with Gasteiger partial charge >= 0.3 is 0 Å².